The molecule has 0 bridgehead atoms. The van der Waals surface area contributed by atoms with E-state index in [1.54, 1.807) is 6.21 Å². The third-order valence-electron chi connectivity index (χ3n) is 3.57. The van der Waals surface area contributed by atoms with Crippen LogP contribution in [0.1, 0.15) is 37.3 Å². The normalized spacial score (nSPS) is 11.4. The van der Waals surface area contributed by atoms with Gasteiger partial charge in [0, 0.05) is 6.61 Å². The van der Waals surface area contributed by atoms with Crippen LogP contribution in [-0.4, -0.2) is 39.8 Å². The summed E-state index contributed by atoms with van der Waals surface area (Å²) in [6.07, 6.45) is 8.68. The Balaban J connectivity index is 2.25. The lowest BCUT2D eigenvalue weighted by Crippen LogP contribution is -2.03. The van der Waals surface area contributed by atoms with Crippen LogP contribution < -0.4 is 9.47 Å². The highest BCUT2D eigenvalue weighted by molar-refractivity contribution is 5.57. The van der Waals surface area contributed by atoms with Gasteiger partial charge in [0.25, 0.3) is 0 Å². The maximum absolute atomic E-state index is 5.96. The summed E-state index contributed by atoms with van der Waals surface area (Å²) in [6, 6.07) is 4.06. The number of aryl methyl sites for hydroxylation is 2. The first-order valence-electron chi connectivity index (χ1n) is 8.79. The summed E-state index contributed by atoms with van der Waals surface area (Å²) in [5.41, 5.74) is 2.22. The summed E-state index contributed by atoms with van der Waals surface area (Å²) in [5.74, 6) is 1.85. The SMILES string of the molecule is C/C=C/COc1cc(C)c(OCCCCCOC/C=N/OC)c(C)c1. The van der Waals surface area contributed by atoms with E-state index in [0.717, 1.165) is 48.5 Å². The standard InChI is InChI=1S/C20H31NO4/c1-5-6-12-24-19-15-17(2)20(18(3)16-19)25-13-9-7-8-11-23-14-10-21-22-4/h5-6,10,15-16H,7-9,11-14H2,1-4H3/b6-5+,21-10+. The second kappa shape index (κ2) is 13.3. The zero-order chi connectivity index (χ0) is 18.3. The minimum atomic E-state index is 0.491. The van der Waals surface area contributed by atoms with Crippen LogP contribution in [0.3, 0.4) is 0 Å². The Labute approximate surface area is 151 Å². The van der Waals surface area contributed by atoms with E-state index in [4.69, 9.17) is 14.2 Å². The van der Waals surface area contributed by atoms with Crippen molar-refractivity contribution in [2.75, 3.05) is 33.5 Å². The molecule has 1 aromatic rings. The van der Waals surface area contributed by atoms with Crippen molar-refractivity contribution in [3.63, 3.8) is 0 Å². The van der Waals surface area contributed by atoms with E-state index in [-0.39, 0.29) is 0 Å². The minimum Gasteiger partial charge on any atom is -0.493 e. The first-order valence-corrected chi connectivity index (χ1v) is 8.79. The third-order valence-corrected chi connectivity index (χ3v) is 3.57. The van der Waals surface area contributed by atoms with Gasteiger partial charge in [0.1, 0.15) is 25.2 Å². The molecule has 25 heavy (non-hydrogen) atoms. The van der Waals surface area contributed by atoms with Gasteiger partial charge in [0.05, 0.1) is 19.4 Å². The van der Waals surface area contributed by atoms with Crippen LogP contribution in [0.5, 0.6) is 11.5 Å². The number of hydrogen-bond donors (Lipinski definition) is 0. The smallest absolute Gasteiger partial charge is 0.125 e. The quantitative estimate of drug-likeness (QED) is 0.228. The molecule has 0 unspecified atom stereocenters. The predicted molar refractivity (Wildman–Crippen MR) is 102 cm³/mol. The number of unbranched alkanes of at least 4 members (excludes halogenated alkanes) is 2. The summed E-state index contributed by atoms with van der Waals surface area (Å²) in [6.45, 7) is 8.62. The average Bonchev–Trinajstić information content (AvgIpc) is 2.59. The van der Waals surface area contributed by atoms with Crippen molar-refractivity contribution in [3.8, 4) is 11.5 Å². The molecule has 5 nitrogen and oxygen atoms in total. The van der Waals surface area contributed by atoms with Gasteiger partial charge in [-0.05, 0) is 63.3 Å². The summed E-state index contributed by atoms with van der Waals surface area (Å²) in [5, 5.41) is 3.61. The molecule has 0 saturated heterocycles. The molecule has 0 amide bonds. The largest absolute Gasteiger partial charge is 0.493 e. The van der Waals surface area contributed by atoms with Crippen LogP contribution in [0.15, 0.2) is 29.4 Å². The second-order valence-electron chi connectivity index (χ2n) is 5.72. The predicted octanol–water partition coefficient (Wildman–Crippen LogP) is 4.46. The van der Waals surface area contributed by atoms with Crippen molar-refractivity contribution < 1.29 is 19.0 Å². The van der Waals surface area contributed by atoms with Gasteiger partial charge in [-0.25, -0.2) is 0 Å². The molecule has 0 aliphatic rings. The molecule has 140 valence electrons. The maximum Gasteiger partial charge on any atom is 0.125 e. The Kier molecular flexibility index (Phi) is 11.2. The number of nitrogens with zero attached hydrogens (tertiary/aromatic N) is 1. The molecule has 0 aliphatic heterocycles. The van der Waals surface area contributed by atoms with Gasteiger partial charge in [0.2, 0.25) is 0 Å². The molecule has 1 rings (SSSR count). The van der Waals surface area contributed by atoms with Crippen molar-refractivity contribution in [1.29, 1.82) is 0 Å². The Morgan fingerprint density at radius 1 is 0.960 bits per heavy atom. The highest BCUT2D eigenvalue weighted by Gasteiger charge is 2.07. The number of benzene rings is 1. The van der Waals surface area contributed by atoms with E-state index in [0.29, 0.717) is 19.8 Å². The highest BCUT2D eigenvalue weighted by Crippen LogP contribution is 2.28. The van der Waals surface area contributed by atoms with Gasteiger partial charge in [-0.2, -0.15) is 0 Å². The molecular weight excluding hydrogens is 318 g/mol. The number of rotatable bonds is 13. The summed E-state index contributed by atoms with van der Waals surface area (Å²) in [7, 11) is 1.52. The van der Waals surface area contributed by atoms with Crippen LogP contribution in [0, 0.1) is 13.8 Å². The first-order chi connectivity index (χ1) is 12.2. The summed E-state index contributed by atoms with van der Waals surface area (Å²) < 4.78 is 17.1. The molecule has 0 spiro atoms. The van der Waals surface area contributed by atoms with Gasteiger partial charge in [-0.15, -0.1) is 0 Å². The third kappa shape index (κ3) is 9.15. The summed E-state index contributed by atoms with van der Waals surface area (Å²) in [4.78, 5) is 4.56. The zero-order valence-corrected chi connectivity index (χ0v) is 15.9. The van der Waals surface area contributed by atoms with Crippen molar-refractivity contribution >= 4 is 6.21 Å². The van der Waals surface area contributed by atoms with E-state index >= 15 is 0 Å². The molecule has 0 saturated carbocycles. The van der Waals surface area contributed by atoms with Gasteiger partial charge in [-0.3, -0.25) is 0 Å². The van der Waals surface area contributed by atoms with E-state index in [9.17, 15) is 0 Å². The maximum atomic E-state index is 5.96. The number of ether oxygens (including phenoxy) is 3. The fourth-order valence-corrected chi connectivity index (χ4v) is 2.36. The number of oxime groups is 1. The lowest BCUT2D eigenvalue weighted by molar-refractivity contribution is 0.160. The van der Waals surface area contributed by atoms with Crippen LogP contribution in [0.25, 0.3) is 0 Å². The lowest BCUT2D eigenvalue weighted by Gasteiger charge is -2.14. The molecule has 0 aromatic heterocycles. The monoisotopic (exact) mass is 349 g/mol. The molecule has 1 aromatic carbocycles. The lowest BCUT2D eigenvalue weighted by atomic mass is 10.1. The Hall–Kier alpha value is -2.01. The molecule has 5 heteroatoms. The fourth-order valence-electron chi connectivity index (χ4n) is 2.36. The molecule has 0 heterocycles. The van der Waals surface area contributed by atoms with Crippen molar-refractivity contribution in [3.05, 3.63) is 35.4 Å². The second-order valence-corrected chi connectivity index (χ2v) is 5.72. The first kappa shape index (κ1) is 21.0. The Morgan fingerprint density at radius 2 is 1.68 bits per heavy atom. The fraction of sp³-hybridized carbons (Fsp3) is 0.550. The van der Waals surface area contributed by atoms with Crippen molar-refractivity contribution in [1.82, 2.24) is 0 Å². The molecule has 0 atom stereocenters. The average molecular weight is 349 g/mol. The Morgan fingerprint density at radius 3 is 2.36 bits per heavy atom. The van der Waals surface area contributed by atoms with E-state index in [1.165, 1.54) is 7.11 Å². The Bertz CT molecular complexity index is 517. The van der Waals surface area contributed by atoms with E-state index in [1.807, 2.05) is 31.2 Å². The zero-order valence-electron chi connectivity index (χ0n) is 15.9. The highest BCUT2D eigenvalue weighted by atomic mass is 16.6. The van der Waals surface area contributed by atoms with Crippen LogP contribution >= 0.6 is 0 Å². The van der Waals surface area contributed by atoms with E-state index < -0.39 is 0 Å². The molecule has 0 N–H and O–H groups in total. The van der Waals surface area contributed by atoms with Gasteiger partial charge >= 0.3 is 0 Å². The van der Waals surface area contributed by atoms with Crippen molar-refractivity contribution in [2.45, 2.75) is 40.0 Å². The topological polar surface area (TPSA) is 49.3 Å². The molecule has 0 aliphatic carbocycles. The summed E-state index contributed by atoms with van der Waals surface area (Å²) >= 11 is 0. The van der Waals surface area contributed by atoms with Gasteiger partial charge < -0.3 is 19.0 Å². The van der Waals surface area contributed by atoms with Gasteiger partial charge in [0.15, 0.2) is 0 Å². The van der Waals surface area contributed by atoms with Crippen molar-refractivity contribution in [2.24, 2.45) is 5.16 Å². The van der Waals surface area contributed by atoms with Crippen LogP contribution in [0.2, 0.25) is 0 Å². The minimum absolute atomic E-state index is 0.491. The molecule has 0 radical (unpaired) electrons. The molecular formula is C20H31NO4. The van der Waals surface area contributed by atoms with Crippen LogP contribution in [-0.2, 0) is 9.57 Å². The van der Waals surface area contributed by atoms with Gasteiger partial charge in [-0.1, -0.05) is 17.3 Å². The molecule has 0 fully saturated rings. The number of hydrogen-bond acceptors (Lipinski definition) is 5. The van der Waals surface area contributed by atoms with Crippen LogP contribution in [0.4, 0.5) is 0 Å². The van der Waals surface area contributed by atoms with E-state index in [2.05, 4.69) is 23.8 Å². The number of allylic oxidation sites excluding steroid dienone is 1.